The van der Waals surface area contributed by atoms with Crippen molar-refractivity contribution in [2.24, 2.45) is 0 Å². The molecule has 0 amide bonds. The van der Waals surface area contributed by atoms with Gasteiger partial charge >= 0.3 is 0 Å². The fraction of sp³-hybridized carbons (Fsp3) is 0. The molecule has 2 N–H and O–H groups in total. The van der Waals surface area contributed by atoms with E-state index in [9.17, 15) is 0 Å². The Morgan fingerprint density at radius 2 is 2.40 bits per heavy atom. The first-order valence-corrected chi connectivity index (χ1v) is 2.83. The van der Waals surface area contributed by atoms with Crippen LogP contribution in [-0.4, -0.2) is 10.1 Å². The molecule has 0 atom stereocenters. The van der Waals surface area contributed by atoms with Gasteiger partial charge in [-0.05, 0) is 6.07 Å². The van der Waals surface area contributed by atoms with Crippen LogP contribution >= 0.6 is 0 Å². The Morgan fingerprint density at radius 1 is 1.50 bits per heavy atom. The Balaban J connectivity index is 2.76. The summed E-state index contributed by atoms with van der Waals surface area (Å²) in [5.74, 6) is 1.09. The van der Waals surface area contributed by atoms with Gasteiger partial charge in [-0.1, -0.05) is 5.16 Å². The van der Waals surface area contributed by atoms with Gasteiger partial charge in [-0.15, -0.1) is 0 Å². The lowest BCUT2D eigenvalue weighted by atomic mass is 10.3. The molecule has 0 aliphatic carbocycles. The van der Waals surface area contributed by atoms with Crippen LogP contribution in [-0.2, 0) is 0 Å². The lowest BCUT2D eigenvalue weighted by Gasteiger charge is -1.87. The highest BCUT2D eigenvalue weighted by Gasteiger charge is 2.07. The van der Waals surface area contributed by atoms with Crippen LogP contribution in [0, 0.1) is 0 Å². The molecule has 0 unspecified atom stereocenters. The van der Waals surface area contributed by atoms with Gasteiger partial charge in [-0.3, -0.25) is 0 Å². The third-order valence-electron chi connectivity index (χ3n) is 1.23. The van der Waals surface area contributed by atoms with E-state index < -0.39 is 0 Å². The molecular formula is C6H5N3O. The van der Waals surface area contributed by atoms with Gasteiger partial charge in [0.15, 0.2) is 5.76 Å². The summed E-state index contributed by atoms with van der Waals surface area (Å²) >= 11 is 0. The number of nitrogens with two attached hydrogens (primary N) is 1. The molecule has 10 heavy (non-hydrogen) atoms. The predicted octanol–water partition coefficient (Wildman–Crippen LogP) is 0.757. The second-order valence-electron chi connectivity index (χ2n) is 1.94. The van der Waals surface area contributed by atoms with Crippen LogP contribution in [0.3, 0.4) is 0 Å². The molecule has 0 spiro atoms. The summed E-state index contributed by atoms with van der Waals surface area (Å²) in [5.41, 5.74) is 6.13. The summed E-state index contributed by atoms with van der Waals surface area (Å²) < 4.78 is 4.84. The van der Waals surface area contributed by atoms with Crippen LogP contribution in [0.1, 0.15) is 0 Å². The van der Waals surface area contributed by atoms with Crippen LogP contribution in [0.5, 0.6) is 0 Å². The molecule has 0 fully saturated rings. The Hall–Kier alpha value is -1.58. The normalized spacial score (nSPS) is 10.4. The molecule has 50 valence electrons. The molecule has 2 aliphatic rings. The van der Waals surface area contributed by atoms with Gasteiger partial charge in [0.05, 0.1) is 6.20 Å². The summed E-state index contributed by atoms with van der Waals surface area (Å²) in [7, 11) is 0. The van der Waals surface area contributed by atoms with E-state index in [2.05, 4.69) is 10.1 Å². The number of fused-ring (bicyclic) bond motifs is 1. The smallest absolute Gasteiger partial charge is 0.187 e. The minimum atomic E-state index is 0.465. The standard InChI is InChI=1S/C6H5N3O/c7-6-3-5-4(9-6)1-2-8-10-5/h1-3H,(H2,7,9). The van der Waals surface area contributed by atoms with E-state index in [0.717, 1.165) is 5.69 Å². The van der Waals surface area contributed by atoms with Crippen LogP contribution in [0.15, 0.2) is 22.9 Å². The van der Waals surface area contributed by atoms with Crippen molar-refractivity contribution in [1.29, 1.82) is 0 Å². The Labute approximate surface area is 57.0 Å². The SMILES string of the molecule is Nc1cc2onccc-2n1. The number of hydrogen-bond donors (Lipinski definition) is 1. The average molecular weight is 135 g/mol. The number of nitrogen functional groups attached to an aromatic ring is 1. The highest BCUT2D eigenvalue weighted by Crippen LogP contribution is 2.20. The maximum absolute atomic E-state index is 5.39. The summed E-state index contributed by atoms with van der Waals surface area (Å²) in [6, 6.07) is 3.39. The molecule has 0 saturated carbocycles. The van der Waals surface area contributed by atoms with E-state index in [1.165, 1.54) is 6.20 Å². The minimum Gasteiger partial charge on any atom is -0.384 e. The van der Waals surface area contributed by atoms with Gasteiger partial charge in [0.1, 0.15) is 11.5 Å². The summed E-state index contributed by atoms with van der Waals surface area (Å²) in [5, 5.41) is 3.56. The van der Waals surface area contributed by atoms with Gasteiger partial charge in [0.25, 0.3) is 0 Å². The summed E-state index contributed by atoms with van der Waals surface area (Å²) in [4.78, 5) is 3.96. The quantitative estimate of drug-likeness (QED) is 0.579. The Bertz CT molecular complexity index is 287. The molecule has 2 rings (SSSR count). The average Bonchev–Trinajstić information content (AvgIpc) is 2.27. The van der Waals surface area contributed by atoms with E-state index >= 15 is 0 Å². The van der Waals surface area contributed by atoms with Crippen molar-refractivity contribution < 1.29 is 4.52 Å². The van der Waals surface area contributed by atoms with Crippen molar-refractivity contribution in [2.75, 3.05) is 5.73 Å². The molecule has 0 bridgehead atoms. The number of anilines is 1. The molecule has 0 aromatic rings. The van der Waals surface area contributed by atoms with Gasteiger partial charge in [-0.25, -0.2) is 4.98 Å². The van der Waals surface area contributed by atoms with Crippen LogP contribution in [0.4, 0.5) is 5.82 Å². The first-order valence-electron chi connectivity index (χ1n) is 2.83. The third kappa shape index (κ3) is 0.621. The lowest BCUT2D eigenvalue weighted by Crippen LogP contribution is -1.80. The maximum atomic E-state index is 5.39. The zero-order valence-corrected chi connectivity index (χ0v) is 5.11. The fourth-order valence-corrected chi connectivity index (χ4v) is 0.815. The molecule has 2 heterocycles. The molecule has 0 aromatic heterocycles. The third-order valence-corrected chi connectivity index (χ3v) is 1.23. The molecular weight excluding hydrogens is 130 g/mol. The van der Waals surface area contributed by atoms with E-state index in [-0.39, 0.29) is 0 Å². The van der Waals surface area contributed by atoms with E-state index in [0.29, 0.717) is 11.6 Å². The van der Waals surface area contributed by atoms with E-state index in [4.69, 9.17) is 10.3 Å². The van der Waals surface area contributed by atoms with Crippen molar-refractivity contribution in [1.82, 2.24) is 10.1 Å². The second kappa shape index (κ2) is 1.70. The van der Waals surface area contributed by atoms with Crippen molar-refractivity contribution in [2.45, 2.75) is 0 Å². The largest absolute Gasteiger partial charge is 0.384 e. The second-order valence-corrected chi connectivity index (χ2v) is 1.94. The van der Waals surface area contributed by atoms with Gasteiger partial charge in [0.2, 0.25) is 0 Å². The van der Waals surface area contributed by atoms with Crippen LogP contribution in [0.2, 0.25) is 0 Å². The fourth-order valence-electron chi connectivity index (χ4n) is 0.815. The molecule has 0 radical (unpaired) electrons. The Kier molecular flexibility index (Phi) is 0.887. The van der Waals surface area contributed by atoms with Gasteiger partial charge in [0, 0.05) is 6.07 Å². The molecule has 4 heteroatoms. The molecule has 0 saturated heterocycles. The van der Waals surface area contributed by atoms with Crippen molar-refractivity contribution in [3.05, 3.63) is 18.3 Å². The molecule has 4 nitrogen and oxygen atoms in total. The zero-order valence-electron chi connectivity index (χ0n) is 5.11. The van der Waals surface area contributed by atoms with Crippen molar-refractivity contribution in [3.8, 4) is 11.5 Å². The minimum absolute atomic E-state index is 0.465. The summed E-state index contributed by atoms with van der Waals surface area (Å²) in [6.07, 6.45) is 1.54. The molecule has 0 aromatic carbocycles. The number of nitrogens with zero attached hydrogens (tertiary/aromatic N) is 2. The van der Waals surface area contributed by atoms with Crippen molar-refractivity contribution in [3.63, 3.8) is 0 Å². The Morgan fingerprint density at radius 3 is 3.20 bits per heavy atom. The molecule has 2 aliphatic heterocycles. The topological polar surface area (TPSA) is 64.9 Å². The number of rotatable bonds is 0. The first-order chi connectivity index (χ1) is 4.86. The van der Waals surface area contributed by atoms with E-state index in [1.54, 1.807) is 12.1 Å². The number of aromatic nitrogens is 2. The highest BCUT2D eigenvalue weighted by molar-refractivity contribution is 5.60. The lowest BCUT2D eigenvalue weighted by molar-refractivity contribution is 0.412. The van der Waals surface area contributed by atoms with Crippen molar-refractivity contribution >= 4 is 5.82 Å². The summed E-state index contributed by atoms with van der Waals surface area (Å²) in [6.45, 7) is 0. The highest BCUT2D eigenvalue weighted by atomic mass is 16.5. The maximum Gasteiger partial charge on any atom is 0.187 e. The zero-order chi connectivity index (χ0) is 6.97. The predicted molar refractivity (Wildman–Crippen MR) is 35.3 cm³/mol. The van der Waals surface area contributed by atoms with Gasteiger partial charge in [-0.2, -0.15) is 0 Å². The first kappa shape index (κ1) is 5.22. The number of hydrogen-bond acceptors (Lipinski definition) is 4. The van der Waals surface area contributed by atoms with E-state index in [1.807, 2.05) is 0 Å². The van der Waals surface area contributed by atoms with Gasteiger partial charge < -0.3 is 10.3 Å². The van der Waals surface area contributed by atoms with Crippen LogP contribution in [0.25, 0.3) is 11.5 Å². The van der Waals surface area contributed by atoms with Crippen LogP contribution < -0.4 is 5.73 Å². The monoisotopic (exact) mass is 135 g/mol.